The summed E-state index contributed by atoms with van der Waals surface area (Å²) in [4.78, 5) is 4.71. The SMILES string of the molecule is Cc1cc2nc3cccn3cc2cc1-c1cccc[n+]1C. The Morgan fingerprint density at radius 3 is 2.86 bits per heavy atom. The highest BCUT2D eigenvalue weighted by atomic mass is 15.0. The van der Waals surface area contributed by atoms with Crippen LogP contribution in [0.5, 0.6) is 0 Å². The number of hydrogen-bond donors (Lipinski definition) is 0. The number of aryl methyl sites for hydroxylation is 2. The third-order valence-corrected chi connectivity index (χ3v) is 3.97. The van der Waals surface area contributed by atoms with Crippen LogP contribution in [-0.4, -0.2) is 9.38 Å². The van der Waals surface area contributed by atoms with Crippen molar-refractivity contribution in [2.75, 3.05) is 0 Å². The van der Waals surface area contributed by atoms with Gasteiger partial charge < -0.3 is 4.40 Å². The minimum Gasteiger partial charge on any atom is -0.308 e. The average molecular weight is 274 g/mol. The second-order valence-electron chi connectivity index (χ2n) is 5.44. The van der Waals surface area contributed by atoms with Gasteiger partial charge in [0, 0.05) is 35.5 Å². The Morgan fingerprint density at radius 1 is 1.10 bits per heavy atom. The van der Waals surface area contributed by atoms with Crippen molar-refractivity contribution in [3.8, 4) is 11.3 Å². The monoisotopic (exact) mass is 274 g/mol. The van der Waals surface area contributed by atoms with Crippen molar-refractivity contribution >= 4 is 16.6 Å². The van der Waals surface area contributed by atoms with E-state index in [0.717, 1.165) is 16.6 Å². The van der Waals surface area contributed by atoms with E-state index in [2.05, 4.69) is 59.6 Å². The standard InChI is InChI=1S/C18H16N3/c1-13-10-16-14(12-21-9-5-7-18(21)19-16)11-15(13)17-6-3-4-8-20(17)2/h3-12H,1-2H3/q+1. The number of pyridine rings is 1. The molecule has 0 fully saturated rings. The summed E-state index contributed by atoms with van der Waals surface area (Å²) in [5.74, 6) is 0. The molecule has 0 bridgehead atoms. The van der Waals surface area contributed by atoms with Gasteiger partial charge in [-0.1, -0.05) is 0 Å². The molecule has 0 aliphatic rings. The molecule has 3 aromatic heterocycles. The highest BCUT2D eigenvalue weighted by molar-refractivity contribution is 5.86. The zero-order chi connectivity index (χ0) is 14.4. The van der Waals surface area contributed by atoms with Crippen molar-refractivity contribution in [3.05, 3.63) is 66.6 Å². The zero-order valence-corrected chi connectivity index (χ0v) is 12.1. The van der Waals surface area contributed by atoms with E-state index in [9.17, 15) is 0 Å². The molecule has 0 amide bonds. The minimum absolute atomic E-state index is 0.986. The molecule has 0 atom stereocenters. The lowest BCUT2D eigenvalue weighted by Gasteiger charge is -2.07. The van der Waals surface area contributed by atoms with E-state index in [0.29, 0.717) is 0 Å². The third kappa shape index (κ3) is 1.89. The zero-order valence-electron chi connectivity index (χ0n) is 12.1. The van der Waals surface area contributed by atoms with E-state index < -0.39 is 0 Å². The van der Waals surface area contributed by atoms with E-state index in [1.165, 1.54) is 16.8 Å². The van der Waals surface area contributed by atoms with Gasteiger partial charge in [0.25, 0.3) is 0 Å². The first-order valence-electron chi connectivity index (χ1n) is 7.05. The Balaban J connectivity index is 2.04. The van der Waals surface area contributed by atoms with Gasteiger partial charge in [-0.25, -0.2) is 9.55 Å². The van der Waals surface area contributed by atoms with Crippen LogP contribution < -0.4 is 4.57 Å². The fourth-order valence-electron chi connectivity index (χ4n) is 2.85. The molecule has 3 heterocycles. The molecule has 1 aromatic carbocycles. The normalized spacial score (nSPS) is 11.3. The van der Waals surface area contributed by atoms with Gasteiger partial charge in [0.2, 0.25) is 5.69 Å². The summed E-state index contributed by atoms with van der Waals surface area (Å²) in [6.07, 6.45) is 6.25. The molecule has 0 aliphatic heterocycles. The summed E-state index contributed by atoms with van der Waals surface area (Å²) in [5, 5.41) is 1.16. The number of aromatic nitrogens is 3. The van der Waals surface area contributed by atoms with Gasteiger partial charge in [-0.2, -0.15) is 0 Å². The predicted molar refractivity (Wildman–Crippen MR) is 84.0 cm³/mol. The average Bonchev–Trinajstić information content (AvgIpc) is 2.92. The van der Waals surface area contributed by atoms with Crippen molar-refractivity contribution < 1.29 is 4.57 Å². The molecule has 0 unspecified atom stereocenters. The first-order valence-corrected chi connectivity index (χ1v) is 7.05. The number of rotatable bonds is 1. The second-order valence-corrected chi connectivity index (χ2v) is 5.44. The molecule has 4 aromatic rings. The molecular formula is C18H16N3+. The van der Waals surface area contributed by atoms with Gasteiger partial charge in [-0.05, 0) is 42.8 Å². The smallest absolute Gasteiger partial charge is 0.212 e. The molecule has 0 radical (unpaired) electrons. The molecular weight excluding hydrogens is 258 g/mol. The van der Waals surface area contributed by atoms with Crippen LogP contribution in [0.15, 0.2) is 61.1 Å². The van der Waals surface area contributed by atoms with E-state index in [1.54, 1.807) is 0 Å². The van der Waals surface area contributed by atoms with Crippen molar-refractivity contribution in [3.63, 3.8) is 0 Å². The third-order valence-electron chi connectivity index (χ3n) is 3.97. The van der Waals surface area contributed by atoms with Gasteiger partial charge in [0.05, 0.1) is 5.52 Å². The number of hydrogen-bond acceptors (Lipinski definition) is 1. The van der Waals surface area contributed by atoms with Crippen molar-refractivity contribution in [1.82, 2.24) is 9.38 Å². The topological polar surface area (TPSA) is 21.2 Å². The van der Waals surface area contributed by atoms with E-state index in [4.69, 9.17) is 4.98 Å². The van der Waals surface area contributed by atoms with Crippen molar-refractivity contribution in [2.24, 2.45) is 7.05 Å². The summed E-state index contributed by atoms with van der Waals surface area (Å²) >= 11 is 0. The Morgan fingerprint density at radius 2 is 2.00 bits per heavy atom. The van der Waals surface area contributed by atoms with Crippen molar-refractivity contribution in [1.29, 1.82) is 0 Å². The lowest BCUT2D eigenvalue weighted by Crippen LogP contribution is -2.30. The summed E-state index contributed by atoms with van der Waals surface area (Å²) in [6, 6.07) is 14.7. The number of fused-ring (bicyclic) bond motifs is 2. The van der Waals surface area contributed by atoms with Crippen LogP contribution in [0.1, 0.15) is 5.56 Å². The van der Waals surface area contributed by atoms with Crippen LogP contribution >= 0.6 is 0 Å². The summed E-state index contributed by atoms with van der Waals surface area (Å²) in [5.41, 5.74) is 5.73. The highest BCUT2D eigenvalue weighted by Crippen LogP contribution is 2.25. The second kappa shape index (κ2) is 4.42. The molecule has 0 spiro atoms. The number of benzene rings is 1. The maximum absolute atomic E-state index is 4.71. The highest BCUT2D eigenvalue weighted by Gasteiger charge is 2.13. The Bertz CT molecular complexity index is 967. The van der Waals surface area contributed by atoms with E-state index in [1.807, 2.05) is 24.4 Å². The molecule has 3 heteroatoms. The minimum atomic E-state index is 0.986. The summed E-state index contributed by atoms with van der Waals surface area (Å²) < 4.78 is 4.21. The Hall–Kier alpha value is -2.68. The molecule has 0 aliphatic carbocycles. The molecule has 0 saturated heterocycles. The lowest BCUT2D eigenvalue weighted by atomic mass is 10.0. The first-order chi connectivity index (χ1) is 10.2. The summed E-state index contributed by atoms with van der Waals surface area (Å²) in [7, 11) is 2.08. The molecule has 21 heavy (non-hydrogen) atoms. The quantitative estimate of drug-likeness (QED) is 0.488. The molecule has 4 rings (SSSR count). The van der Waals surface area contributed by atoms with Gasteiger partial charge in [-0.3, -0.25) is 0 Å². The van der Waals surface area contributed by atoms with Gasteiger partial charge in [0.1, 0.15) is 12.7 Å². The molecule has 0 N–H and O–H groups in total. The van der Waals surface area contributed by atoms with Gasteiger partial charge >= 0.3 is 0 Å². The van der Waals surface area contributed by atoms with Crippen LogP contribution in [0.25, 0.3) is 27.8 Å². The predicted octanol–water partition coefficient (Wildman–Crippen LogP) is 3.29. The Kier molecular flexibility index (Phi) is 2.54. The number of nitrogens with zero attached hydrogens (tertiary/aromatic N) is 3. The lowest BCUT2D eigenvalue weighted by molar-refractivity contribution is -0.660. The maximum atomic E-state index is 4.71. The van der Waals surface area contributed by atoms with Crippen LogP contribution in [-0.2, 0) is 7.05 Å². The molecule has 0 saturated carbocycles. The van der Waals surface area contributed by atoms with E-state index in [-0.39, 0.29) is 0 Å². The van der Waals surface area contributed by atoms with Gasteiger partial charge in [-0.15, -0.1) is 0 Å². The van der Waals surface area contributed by atoms with E-state index >= 15 is 0 Å². The van der Waals surface area contributed by atoms with Gasteiger partial charge in [0.15, 0.2) is 6.20 Å². The van der Waals surface area contributed by atoms with Crippen LogP contribution in [0.3, 0.4) is 0 Å². The van der Waals surface area contributed by atoms with Crippen LogP contribution in [0, 0.1) is 6.92 Å². The van der Waals surface area contributed by atoms with Crippen molar-refractivity contribution in [2.45, 2.75) is 6.92 Å². The maximum Gasteiger partial charge on any atom is 0.212 e. The fourth-order valence-corrected chi connectivity index (χ4v) is 2.85. The fraction of sp³-hybridized carbons (Fsp3) is 0.111. The molecule has 102 valence electrons. The first kappa shape index (κ1) is 12.1. The van der Waals surface area contributed by atoms with Crippen LogP contribution in [0.2, 0.25) is 0 Å². The Labute approximate surface area is 123 Å². The molecule has 3 nitrogen and oxygen atoms in total. The summed E-state index contributed by atoms with van der Waals surface area (Å²) in [6.45, 7) is 2.14. The largest absolute Gasteiger partial charge is 0.308 e. The van der Waals surface area contributed by atoms with Crippen LogP contribution in [0.4, 0.5) is 0 Å².